The second-order valence-electron chi connectivity index (χ2n) is 6.14. The van der Waals surface area contributed by atoms with Gasteiger partial charge in [-0.1, -0.05) is 30.3 Å². The summed E-state index contributed by atoms with van der Waals surface area (Å²) in [6, 6.07) is 13.3. The molecule has 0 aliphatic carbocycles. The van der Waals surface area contributed by atoms with Crippen LogP contribution in [0.1, 0.15) is 46.5 Å². The summed E-state index contributed by atoms with van der Waals surface area (Å²) >= 11 is 0. The molecule has 0 spiro atoms. The van der Waals surface area contributed by atoms with Crippen LogP contribution in [0.5, 0.6) is 0 Å². The summed E-state index contributed by atoms with van der Waals surface area (Å²) in [5.41, 5.74) is 0.869. The molecule has 0 fully saturated rings. The van der Waals surface area contributed by atoms with Crippen molar-refractivity contribution in [2.24, 2.45) is 0 Å². The number of ether oxygens (including phenoxy) is 1. The fraction of sp³-hybridized carbons (Fsp3) is 0.300. The van der Waals surface area contributed by atoms with Crippen LogP contribution in [0.25, 0.3) is 0 Å². The number of rotatable bonds is 8. The second-order valence-corrected chi connectivity index (χ2v) is 6.14. The van der Waals surface area contributed by atoms with Gasteiger partial charge in [-0.15, -0.1) is 0 Å². The normalized spacial score (nSPS) is 11.5. The van der Waals surface area contributed by atoms with Crippen molar-refractivity contribution in [3.8, 4) is 0 Å². The SMILES string of the molecule is CCOC(=O)c1cc(C(=O)NC(C)CCc2ccccc2)cc([N+](=O)[O-])c1. The van der Waals surface area contributed by atoms with Crippen LogP contribution >= 0.6 is 0 Å². The molecule has 142 valence electrons. The zero-order valence-corrected chi connectivity index (χ0v) is 15.3. The van der Waals surface area contributed by atoms with Gasteiger partial charge in [-0.3, -0.25) is 14.9 Å². The summed E-state index contributed by atoms with van der Waals surface area (Å²) in [5.74, 6) is -1.17. The Morgan fingerprint density at radius 1 is 1.15 bits per heavy atom. The Kier molecular flexibility index (Phi) is 7.05. The number of nitro benzene ring substituents is 1. The van der Waals surface area contributed by atoms with Gasteiger partial charge in [-0.2, -0.15) is 0 Å². The Morgan fingerprint density at radius 2 is 1.81 bits per heavy atom. The van der Waals surface area contributed by atoms with Crippen molar-refractivity contribution in [3.05, 3.63) is 75.3 Å². The number of hydrogen-bond donors (Lipinski definition) is 1. The molecular weight excluding hydrogens is 348 g/mol. The Labute approximate surface area is 157 Å². The van der Waals surface area contributed by atoms with E-state index >= 15 is 0 Å². The van der Waals surface area contributed by atoms with E-state index in [4.69, 9.17) is 4.74 Å². The molecule has 0 saturated heterocycles. The zero-order chi connectivity index (χ0) is 19.8. The van der Waals surface area contributed by atoms with Crippen LogP contribution in [0, 0.1) is 10.1 Å². The van der Waals surface area contributed by atoms with Gasteiger partial charge < -0.3 is 10.1 Å². The summed E-state index contributed by atoms with van der Waals surface area (Å²) in [4.78, 5) is 34.9. The molecule has 1 atom stereocenters. The van der Waals surface area contributed by atoms with Crippen molar-refractivity contribution < 1.29 is 19.2 Å². The number of esters is 1. The zero-order valence-electron chi connectivity index (χ0n) is 15.3. The third-order valence-corrected chi connectivity index (χ3v) is 3.99. The number of non-ortho nitro benzene ring substituents is 1. The first-order valence-corrected chi connectivity index (χ1v) is 8.72. The molecule has 2 aromatic rings. The lowest BCUT2D eigenvalue weighted by atomic mass is 10.0. The molecule has 0 radical (unpaired) electrons. The minimum Gasteiger partial charge on any atom is -0.462 e. The van der Waals surface area contributed by atoms with Crippen molar-refractivity contribution in [1.82, 2.24) is 5.32 Å². The molecule has 27 heavy (non-hydrogen) atoms. The predicted molar refractivity (Wildman–Crippen MR) is 101 cm³/mol. The number of carbonyl (C=O) groups is 2. The van der Waals surface area contributed by atoms with Crippen molar-refractivity contribution >= 4 is 17.6 Å². The molecule has 7 heteroatoms. The molecule has 0 heterocycles. The van der Waals surface area contributed by atoms with E-state index in [1.807, 2.05) is 37.3 Å². The lowest BCUT2D eigenvalue weighted by molar-refractivity contribution is -0.384. The van der Waals surface area contributed by atoms with Crippen molar-refractivity contribution in [3.63, 3.8) is 0 Å². The van der Waals surface area contributed by atoms with Gasteiger partial charge in [0, 0.05) is 23.7 Å². The van der Waals surface area contributed by atoms with Gasteiger partial charge in [0.2, 0.25) is 0 Å². The first-order chi connectivity index (χ1) is 12.9. The summed E-state index contributed by atoms with van der Waals surface area (Å²) in [7, 11) is 0. The lowest BCUT2D eigenvalue weighted by Gasteiger charge is -2.14. The molecule has 1 N–H and O–H groups in total. The van der Waals surface area contributed by atoms with Gasteiger partial charge in [0.05, 0.1) is 17.1 Å². The summed E-state index contributed by atoms with van der Waals surface area (Å²) < 4.78 is 4.87. The van der Waals surface area contributed by atoms with E-state index in [0.717, 1.165) is 25.0 Å². The van der Waals surface area contributed by atoms with E-state index in [-0.39, 0.29) is 29.5 Å². The number of nitrogens with one attached hydrogen (secondary N) is 1. The molecule has 2 rings (SSSR count). The molecule has 2 aromatic carbocycles. The summed E-state index contributed by atoms with van der Waals surface area (Å²) in [6.07, 6.45) is 1.51. The number of benzene rings is 2. The average molecular weight is 370 g/mol. The number of amides is 1. The minimum atomic E-state index is -0.702. The minimum absolute atomic E-state index is 0.0202. The van der Waals surface area contributed by atoms with E-state index in [2.05, 4.69) is 5.32 Å². The fourth-order valence-corrected chi connectivity index (χ4v) is 2.59. The van der Waals surface area contributed by atoms with Crippen molar-refractivity contribution in [2.75, 3.05) is 6.61 Å². The average Bonchev–Trinajstić information content (AvgIpc) is 2.67. The highest BCUT2D eigenvalue weighted by molar-refractivity contribution is 5.99. The Morgan fingerprint density at radius 3 is 2.44 bits per heavy atom. The van der Waals surface area contributed by atoms with Crippen LogP contribution in [0.4, 0.5) is 5.69 Å². The highest BCUT2D eigenvalue weighted by Crippen LogP contribution is 2.18. The second kappa shape index (κ2) is 9.47. The van der Waals surface area contributed by atoms with Crippen LogP contribution < -0.4 is 5.32 Å². The van der Waals surface area contributed by atoms with Crippen LogP contribution in [-0.4, -0.2) is 29.4 Å². The number of hydrogen-bond acceptors (Lipinski definition) is 5. The quantitative estimate of drug-likeness (QED) is 0.435. The third-order valence-electron chi connectivity index (χ3n) is 3.99. The van der Waals surface area contributed by atoms with Crippen LogP contribution in [0.2, 0.25) is 0 Å². The van der Waals surface area contributed by atoms with Gasteiger partial charge in [0.1, 0.15) is 0 Å². The smallest absolute Gasteiger partial charge is 0.338 e. The van der Waals surface area contributed by atoms with E-state index < -0.39 is 16.8 Å². The molecule has 0 aromatic heterocycles. The van der Waals surface area contributed by atoms with Gasteiger partial charge in [0.25, 0.3) is 11.6 Å². The summed E-state index contributed by atoms with van der Waals surface area (Å²) in [6.45, 7) is 3.64. The number of nitro groups is 1. The first kappa shape index (κ1) is 20.1. The van der Waals surface area contributed by atoms with Gasteiger partial charge in [-0.25, -0.2) is 4.79 Å². The number of aryl methyl sites for hydroxylation is 1. The third kappa shape index (κ3) is 5.91. The van der Waals surface area contributed by atoms with Crippen LogP contribution in [0.3, 0.4) is 0 Å². The summed E-state index contributed by atoms with van der Waals surface area (Å²) in [5, 5.41) is 13.9. The molecule has 0 aliphatic heterocycles. The number of nitrogens with zero attached hydrogens (tertiary/aromatic N) is 1. The topological polar surface area (TPSA) is 98.5 Å². The number of carbonyl (C=O) groups excluding carboxylic acids is 2. The maximum Gasteiger partial charge on any atom is 0.338 e. The maximum atomic E-state index is 12.5. The molecule has 0 bridgehead atoms. The molecule has 1 amide bonds. The van der Waals surface area contributed by atoms with E-state index in [1.54, 1.807) is 6.92 Å². The van der Waals surface area contributed by atoms with E-state index in [9.17, 15) is 19.7 Å². The van der Waals surface area contributed by atoms with E-state index in [1.165, 1.54) is 11.6 Å². The monoisotopic (exact) mass is 370 g/mol. The molecule has 0 aliphatic rings. The van der Waals surface area contributed by atoms with E-state index in [0.29, 0.717) is 0 Å². The predicted octanol–water partition coefficient (Wildman–Crippen LogP) is 3.52. The lowest BCUT2D eigenvalue weighted by Crippen LogP contribution is -2.33. The Bertz CT molecular complexity index is 820. The maximum absolute atomic E-state index is 12.5. The van der Waals surface area contributed by atoms with Gasteiger partial charge in [0.15, 0.2) is 0 Å². The van der Waals surface area contributed by atoms with Gasteiger partial charge in [-0.05, 0) is 38.3 Å². The molecule has 7 nitrogen and oxygen atoms in total. The fourth-order valence-electron chi connectivity index (χ4n) is 2.59. The standard InChI is InChI=1S/C20H22N2O5/c1-3-27-20(24)17-11-16(12-18(13-17)22(25)26)19(23)21-14(2)9-10-15-7-5-4-6-8-15/h4-8,11-14H,3,9-10H2,1-2H3,(H,21,23). The Balaban J connectivity index is 2.09. The van der Waals surface area contributed by atoms with Crippen molar-refractivity contribution in [2.45, 2.75) is 32.7 Å². The highest BCUT2D eigenvalue weighted by atomic mass is 16.6. The largest absolute Gasteiger partial charge is 0.462 e. The molecular formula is C20H22N2O5. The van der Waals surface area contributed by atoms with Crippen LogP contribution in [-0.2, 0) is 11.2 Å². The van der Waals surface area contributed by atoms with Gasteiger partial charge >= 0.3 is 5.97 Å². The molecule has 1 unspecified atom stereocenters. The highest BCUT2D eigenvalue weighted by Gasteiger charge is 2.19. The Hall–Kier alpha value is -3.22. The van der Waals surface area contributed by atoms with Crippen LogP contribution in [0.15, 0.2) is 48.5 Å². The van der Waals surface area contributed by atoms with Crippen molar-refractivity contribution in [1.29, 1.82) is 0 Å². The molecule has 0 saturated carbocycles. The first-order valence-electron chi connectivity index (χ1n) is 8.72.